The highest BCUT2D eigenvalue weighted by molar-refractivity contribution is 6.70. The first kappa shape index (κ1) is 16.2. The highest BCUT2D eigenvalue weighted by atomic mass is 28.3. The molecule has 2 nitrogen and oxygen atoms in total. The van der Waals surface area contributed by atoms with Crippen molar-refractivity contribution in [2.45, 2.75) is 13.1 Å². The molecule has 119 valence electrons. The average Bonchev–Trinajstić information content (AvgIpc) is 2.62. The number of hydrogen-bond donors (Lipinski definition) is 1. The fraction of sp³-hybridized carbons (Fsp3) is 0.0952. The molecule has 0 aliphatic heterocycles. The largest absolute Gasteiger partial charge is 0.478 e. The molecule has 0 saturated heterocycles. The Morgan fingerprint density at radius 1 is 0.792 bits per heavy atom. The molecule has 0 heterocycles. The second kappa shape index (κ2) is 6.85. The Bertz CT molecular complexity index is 853. The fourth-order valence-corrected chi connectivity index (χ4v) is 3.60. The third-order valence-electron chi connectivity index (χ3n) is 4.13. The second-order valence-electron chi connectivity index (χ2n) is 6.01. The Hall–Kier alpha value is -2.65. The summed E-state index contributed by atoms with van der Waals surface area (Å²) in [6.07, 6.45) is 0. The van der Waals surface area contributed by atoms with Crippen LogP contribution in [0.5, 0.6) is 0 Å². The molecular formula is C21H19O2Si. The zero-order chi connectivity index (χ0) is 17.1. The van der Waals surface area contributed by atoms with E-state index < -0.39 is 14.8 Å². The number of aromatic carboxylic acids is 1. The lowest BCUT2D eigenvalue weighted by Crippen LogP contribution is -2.23. The number of carboxylic acids is 1. The number of carbonyl (C=O) groups is 1. The molecule has 0 atom stereocenters. The van der Waals surface area contributed by atoms with Crippen molar-refractivity contribution >= 4 is 20.0 Å². The smallest absolute Gasteiger partial charge is 0.336 e. The Kier molecular flexibility index (Phi) is 4.63. The Morgan fingerprint density at radius 2 is 1.38 bits per heavy atom. The summed E-state index contributed by atoms with van der Waals surface area (Å²) < 4.78 is 0. The summed E-state index contributed by atoms with van der Waals surface area (Å²) >= 11 is 0. The standard InChI is InChI=1S/C21H19O2Si/c1-24(2)18-12-13-19(21(22)23)20(14-18)17-10-8-16(9-11-17)15-6-4-3-5-7-15/h3-14H,1-2H3,(H,22,23). The van der Waals surface area contributed by atoms with E-state index in [1.54, 1.807) is 6.07 Å². The lowest BCUT2D eigenvalue weighted by Gasteiger charge is -2.12. The highest BCUT2D eigenvalue weighted by Gasteiger charge is 2.14. The van der Waals surface area contributed by atoms with Crippen LogP contribution < -0.4 is 5.19 Å². The molecule has 0 amide bonds. The molecule has 0 saturated carbocycles. The molecule has 1 radical (unpaired) electrons. The molecular weight excluding hydrogens is 312 g/mol. The van der Waals surface area contributed by atoms with Gasteiger partial charge in [-0.3, -0.25) is 0 Å². The van der Waals surface area contributed by atoms with Crippen LogP contribution in [0.15, 0.2) is 72.8 Å². The number of benzene rings is 3. The molecule has 0 spiro atoms. The second-order valence-corrected chi connectivity index (χ2v) is 8.59. The van der Waals surface area contributed by atoms with Crippen molar-refractivity contribution in [3.05, 3.63) is 78.4 Å². The van der Waals surface area contributed by atoms with Crippen molar-refractivity contribution in [1.82, 2.24) is 0 Å². The van der Waals surface area contributed by atoms with Crippen LogP contribution in [0.4, 0.5) is 0 Å². The highest BCUT2D eigenvalue weighted by Crippen LogP contribution is 2.27. The summed E-state index contributed by atoms with van der Waals surface area (Å²) in [6.45, 7) is 4.42. The molecule has 3 aromatic carbocycles. The van der Waals surface area contributed by atoms with Crippen LogP contribution in [0.25, 0.3) is 22.3 Å². The molecule has 0 fully saturated rings. The van der Waals surface area contributed by atoms with Crippen molar-refractivity contribution in [1.29, 1.82) is 0 Å². The summed E-state index contributed by atoms with van der Waals surface area (Å²) in [5.74, 6) is -0.885. The summed E-state index contributed by atoms with van der Waals surface area (Å²) in [5, 5.41) is 10.7. The topological polar surface area (TPSA) is 37.3 Å². The summed E-state index contributed by atoms with van der Waals surface area (Å²) in [4.78, 5) is 11.6. The lowest BCUT2D eigenvalue weighted by atomic mass is 9.97. The zero-order valence-electron chi connectivity index (χ0n) is 13.8. The summed E-state index contributed by atoms with van der Waals surface area (Å²) in [7, 11) is -0.627. The predicted octanol–water partition coefficient (Wildman–Crippen LogP) is 4.68. The van der Waals surface area contributed by atoms with Gasteiger partial charge in [-0.2, -0.15) is 0 Å². The average molecular weight is 331 g/mol. The first-order chi connectivity index (χ1) is 11.6. The lowest BCUT2D eigenvalue weighted by molar-refractivity contribution is 0.0698. The van der Waals surface area contributed by atoms with Crippen LogP contribution in [-0.2, 0) is 0 Å². The molecule has 0 aliphatic rings. The Balaban J connectivity index is 2.05. The van der Waals surface area contributed by atoms with E-state index in [0.29, 0.717) is 5.56 Å². The van der Waals surface area contributed by atoms with E-state index in [1.807, 2.05) is 54.6 Å². The molecule has 0 aliphatic carbocycles. The maximum atomic E-state index is 11.6. The fourth-order valence-electron chi connectivity index (χ4n) is 2.75. The summed E-state index contributed by atoms with van der Waals surface area (Å²) in [6, 6.07) is 24.0. The maximum Gasteiger partial charge on any atom is 0.336 e. The molecule has 1 N–H and O–H groups in total. The molecule has 0 bridgehead atoms. The van der Waals surface area contributed by atoms with E-state index in [2.05, 4.69) is 25.2 Å². The van der Waals surface area contributed by atoms with Crippen molar-refractivity contribution in [2.24, 2.45) is 0 Å². The minimum absolute atomic E-state index is 0.356. The van der Waals surface area contributed by atoms with Gasteiger partial charge >= 0.3 is 5.97 Å². The minimum Gasteiger partial charge on any atom is -0.478 e. The molecule has 3 aromatic rings. The SMILES string of the molecule is C[Si](C)c1ccc(C(=O)O)c(-c2ccc(-c3ccccc3)cc2)c1. The number of rotatable bonds is 4. The van der Waals surface area contributed by atoms with Crippen molar-refractivity contribution in [2.75, 3.05) is 0 Å². The van der Waals surface area contributed by atoms with Gasteiger partial charge in [0.05, 0.1) is 14.4 Å². The minimum atomic E-state index is -0.885. The van der Waals surface area contributed by atoms with E-state index >= 15 is 0 Å². The van der Waals surface area contributed by atoms with Gasteiger partial charge in [0, 0.05) is 0 Å². The van der Waals surface area contributed by atoms with Gasteiger partial charge in [-0.1, -0.05) is 85.0 Å². The van der Waals surface area contributed by atoms with Crippen molar-refractivity contribution in [3.8, 4) is 22.3 Å². The van der Waals surface area contributed by atoms with Gasteiger partial charge in [0.2, 0.25) is 0 Å². The molecule has 3 heteroatoms. The van der Waals surface area contributed by atoms with Gasteiger partial charge < -0.3 is 5.11 Å². The normalized spacial score (nSPS) is 10.8. The molecule has 0 aromatic heterocycles. The Morgan fingerprint density at radius 3 is 1.96 bits per heavy atom. The van der Waals surface area contributed by atoms with Gasteiger partial charge in [0.15, 0.2) is 0 Å². The van der Waals surface area contributed by atoms with Gasteiger partial charge in [0.1, 0.15) is 0 Å². The monoisotopic (exact) mass is 331 g/mol. The molecule has 24 heavy (non-hydrogen) atoms. The van der Waals surface area contributed by atoms with Crippen LogP contribution >= 0.6 is 0 Å². The molecule has 3 rings (SSSR count). The molecule has 0 unspecified atom stereocenters. The zero-order valence-corrected chi connectivity index (χ0v) is 14.8. The van der Waals surface area contributed by atoms with E-state index in [4.69, 9.17) is 0 Å². The third kappa shape index (κ3) is 3.31. The van der Waals surface area contributed by atoms with Gasteiger partial charge in [-0.25, -0.2) is 4.79 Å². The van der Waals surface area contributed by atoms with Crippen LogP contribution in [0, 0.1) is 0 Å². The quantitative estimate of drug-likeness (QED) is 0.705. The van der Waals surface area contributed by atoms with Gasteiger partial charge in [-0.05, 0) is 28.3 Å². The van der Waals surface area contributed by atoms with E-state index in [1.165, 1.54) is 5.19 Å². The van der Waals surface area contributed by atoms with E-state index in [0.717, 1.165) is 22.3 Å². The number of carboxylic acid groups (broad SMARTS) is 1. The maximum absolute atomic E-state index is 11.6. The number of hydrogen-bond acceptors (Lipinski definition) is 1. The first-order valence-corrected chi connectivity index (χ1v) is 10.4. The van der Waals surface area contributed by atoms with Crippen LogP contribution in [0.2, 0.25) is 13.1 Å². The van der Waals surface area contributed by atoms with E-state index in [9.17, 15) is 9.90 Å². The first-order valence-electron chi connectivity index (χ1n) is 7.90. The van der Waals surface area contributed by atoms with Crippen LogP contribution in [-0.4, -0.2) is 19.9 Å². The van der Waals surface area contributed by atoms with Crippen molar-refractivity contribution in [3.63, 3.8) is 0 Å². The Labute approximate surface area is 144 Å². The van der Waals surface area contributed by atoms with E-state index in [-0.39, 0.29) is 0 Å². The predicted molar refractivity (Wildman–Crippen MR) is 101 cm³/mol. The summed E-state index contributed by atoms with van der Waals surface area (Å²) in [5.41, 5.74) is 4.38. The van der Waals surface area contributed by atoms with Gasteiger partial charge in [0.25, 0.3) is 0 Å². The van der Waals surface area contributed by atoms with Crippen LogP contribution in [0.1, 0.15) is 10.4 Å². The van der Waals surface area contributed by atoms with Gasteiger partial charge in [-0.15, -0.1) is 0 Å². The van der Waals surface area contributed by atoms with Crippen molar-refractivity contribution < 1.29 is 9.90 Å². The third-order valence-corrected chi connectivity index (χ3v) is 5.60. The van der Waals surface area contributed by atoms with Crippen LogP contribution in [0.3, 0.4) is 0 Å².